The van der Waals surface area contributed by atoms with Gasteiger partial charge in [0, 0.05) is 29.7 Å². The van der Waals surface area contributed by atoms with Gasteiger partial charge in [-0.05, 0) is 30.0 Å². The number of anilines is 1. The standard InChI is InChI=1S/C14H16FNOS/c1-16(8-7-11-4-3-9-18-11)14-6-2-5-13(15)12(14)10-17/h2-6,9,17H,7-8,10H2,1H3. The quantitative estimate of drug-likeness (QED) is 0.898. The molecule has 2 nitrogen and oxygen atoms in total. The summed E-state index contributed by atoms with van der Waals surface area (Å²) in [4.78, 5) is 3.29. The van der Waals surface area contributed by atoms with Crippen molar-refractivity contribution >= 4 is 17.0 Å². The Kier molecular flexibility index (Phi) is 4.33. The zero-order valence-electron chi connectivity index (χ0n) is 10.3. The van der Waals surface area contributed by atoms with Crippen LogP contribution < -0.4 is 4.90 Å². The summed E-state index contributed by atoms with van der Waals surface area (Å²) in [7, 11) is 1.92. The fourth-order valence-corrected chi connectivity index (χ4v) is 2.61. The first-order chi connectivity index (χ1) is 8.72. The minimum Gasteiger partial charge on any atom is -0.391 e. The van der Waals surface area contributed by atoms with E-state index in [1.54, 1.807) is 17.4 Å². The number of rotatable bonds is 5. The van der Waals surface area contributed by atoms with Crippen molar-refractivity contribution in [2.75, 3.05) is 18.5 Å². The van der Waals surface area contributed by atoms with E-state index in [0.717, 1.165) is 18.7 Å². The lowest BCUT2D eigenvalue weighted by atomic mass is 10.1. The lowest BCUT2D eigenvalue weighted by Crippen LogP contribution is -2.21. The molecule has 0 aliphatic carbocycles. The molecule has 0 aliphatic heterocycles. The number of likely N-dealkylation sites (N-methyl/N-ethyl adjacent to an activating group) is 1. The molecule has 18 heavy (non-hydrogen) atoms. The van der Waals surface area contributed by atoms with Gasteiger partial charge in [-0.15, -0.1) is 11.3 Å². The Morgan fingerprint density at radius 1 is 1.28 bits per heavy atom. The van der Waals surface area contributed by atoms with Gasteiger partial charge in [0.05, 0.1) is 6.61 Å². The molecular formula is C14H16FNOS. The number of thiophene rings is 1. The van der Waals surface area contributed by atoms with Crippen LogP contribution >= 0.6 is 11.3 Å². The molecule has 0 atom stereocenters. The molecule has 2 rings (SSSR count). The van der Waals surface area contributed by atoms with E-state index in [9.17, 15) is 9.50 Å². The van der Waals surface area contributed by atoms with Crippen LogP contribution in [0.5, 0.6) is 0 Å². The Morgan fingerprint density at radius 3 is 2.78 bits per heavy atom. The normalized spacial score (nSPS) is 10.6. The lowest BCUT2D eigenvalue weighted by molar-refractivity contribution is 0.276. The van der Waals surface area contributed by atoms with Crippen LogP contribution in [0.1, 0.15) is 10.4 Å². The van der Waals surface area contributed by atoms with Gasteiger partial charge in [0.15, 0.2) is 0 Å². The van der Waals surface area contributed by atoms with Gasteiger partial charge < -0.3 is 10.0 Å². The van der Waals surface area contributed by atoms with Crippen molar-refractivity contribution in [2.24, 2.45) is 0 Å². The summed E-state index contributed by atoms with van der Waals surface area (Å²) in [6.45, 7) is 0.530. The maximum absolute atomic E-state index is 13.5. The van der Waals surface area contributed by atoms with Crippen molar-refractivity contribution in [2.45, 2.75) is 13.0 Å². The van der Waals surface area contributed by atoms with E-state index in [4.69, 9.17) is 0 Å². The van der Waals surface area contributed by atoms with Gasteiger partial charge in [-0.25, -0.2) is 4.39 Å². The van der Waals surface area contributed by atoms with Crippen LogP contribution in [0.15, 0.2) is 35.7 Å². The van der Waals surface area contributed by atoms with E-state index in [1.807, 2.05) is 24.1 Å². The van der Waals surface area contributed by atoms with Gasteiger partial charge in [0.25, 0.3) is 0 Å². The fourth-order valence-electron chi connectivity index (χ4n) is 1.91. The number of aliphatic hydroxyl groups excluding tert-OH is 1. The Hall–Kier alpha value is -1.39. The number of hydrogen-bond acceptors (Lipinski definition) is 3. The molecule has 4 heteroatoms. The molecule has 1 aromatic heterocycles. The molecule has 1 heterocycles. The average molecular weight is 265 g/mol. The fraction of sp³-hybridized carbons (Fsp3) is 0.286. The van der Waals surface area contributed by atoms with Gasteiger partial charge in [0.2, 0.25) is 0 Å². The third-order valence-corrected chi connectivity index (χ3v) is 3.87. The largest absolute Gasteiger partial charge is 0.391 e. The maximum atomic E-state index is 13.5. The van der Waals surface area contributed by atoms with Crippen LogP contribution in [-0.4, -0.2) is 18.7 Å². The number of aliphatic hydroxyl groups is 1. The molecule has 0 unspecified atom stereocenters. The lowest BCUT2D eigenvalue weighted by Gasteiger charge is -2.22. The van der Waals surface area contributed by atoms with Crippen molar-refractivity contribution in [1.29, 1.82) is 0 Å². The highest BCUT2D eigenvalue weighted by atomic mass is 32.1. The SMILES string of the molecule is CN(CCc1cccs1)c1cccc(F)c1CO. The summed E-state index contributed by atoms with van der Waals surface area (Å²) in [5.74, 6) is -0.349. The second-order valence-corrected chi connectivity index (χ2v) is 5.18. The molecule has 0 fully saturated rings. The summed E-state index contributed by atoms with van der Waals surface area (Å²) in [6, 6.07) is 9.01. The van der Waals surface area contributed by atoms with Crippen LogP contribution in [0.25, 0.3) is 0 Å². The number of benzene rings is 1. The third kappa shape index (κ3) is 2.89. The molecule has 0 saturated heterocycles. The Morgan fingerprint density at radius 2 is 2.11 bits per heavy atom. The molecule has 0 amide bonds. The highest BCUT2D eigenvalue weighted by Crippen LogP contribution is 2.22. The molecule has 1 N–H and O–H groups in total. The van der Waals surface area contributed by atoms with E-state index in [-0.39, 0.29) is 12.4 Å². The molecule has 96 valence electrons. The Bertz CT molecular complexity index is 499. The minimum absolute atomic E-state index is 0.272. The molecular weight excluding hydrogens is 249 g/mol. The first-order valence-corrected chi connectivity index (χ1v) is 6.72. The summed E-state index contributed by atoms with van der Waals surface area (Å²) >= 11 is 1.72. The zero-order valence-corrected chi connectivity index (χ0v) is 11.1. The molecule has 0 aliphatic rings. The molecule has 0 spiro atoms. The summed E-state index contributed by atoms with van der Waals surface area (Å²) in [5, 5.41) is 11.3. The first-order valence-electron chi connectivity index (χ1n) is 5.84. The number of nitrogens with zero attached hydrogens (tertiary/aromatic N) is 1. The van der Waals surface area contributed by atoms with Gasteiger partial charge >= 0.3 is 0 Å². The molecule has 0 saturated carbocycles. The smallest absolute Gasteiger partial charge is 0.130 e. The number of halogens is 1. The van der Waals surface area contributed by atoms with Crippen LogP contribution in [0.2, 0.25) is 0 Å². The van der Waals surface area contributed by atoms with Gasteiger partial charge in [-0.2, -0.15) is 0 Å². The predicted molar refractivity (Wildman–Crippen MR) is 73.6 cm³/mol. The van der Waals surface area contributed by atoms with Crippen molar-refractivity contribution in [1.82, 2.24) is 0 Å². The Balaban J connectivity index is 2.08. The highest BCUT2D eigenvalue weighted by Gasteiger charge is 2.11. The topological polar surface area (TPSA) is 23.5 Å². The van der Waals surface area contributed by atoms with Crippen molar-refractivity contribution in [3.8, 4) is 0 Å². The highest BCUT2D eigenvalue weighted by molar-refractivity contribution is 7.09. The number of hydrogen-bond donors (Lipinski definition) is 1. The summed E-state index contributed by atoms with van der Waals surface area (Å²) < 4.78 is 13.5. The average Bonchev–Trinajstić information content (AvgIpc) is 2.88. The molecule has 0 radical (unpaired) electrons. The molecule has 2 aromatic rings. The van der Waals surface area contributed by atoms with Crippen LogP contribution in [0, 0.1) is 5.82 Å². The van der Waals surface area contributed by atoms with Gasteiger partial charge in [-0.3, -0.25) is 0 Å². The monoisotopic (exact) mass is 265 g/mol. The van der Waals surface area contributed by atoms with Gasteiger partial charge in [0.1, 0.15) is 5.82 Å². The van der Waals surface area contributed by atoms with E-state index >= 15 is 0 Å². The Labute approximate surface area is 110 Å². The minimum atomic E-state index is -0.349. The van der Waals surface area contributed by atoms with Crippen LogP contribution in [0.4, 0.5) is 10.1 Å². The summed E-state index contributed by atoms with van der Waals surface area (Å²) in [6.07, 6.45) is 0.926. The van der Waals surface area contributed by atoms with Crippen LogP contribution in [-0.2, 0) is 13.0 Å². The zero-order chi connectivity index (χ0) is 13.0. The second-order valence-electron chi connectivity index (χ2n) is 4.15. The van der Waals surface area contributed by atoms with E-state index < -0.39 is 0 Å². The first kappa shape index (κ1) is 13.1. The van der Waals surface area contributed by atoms with Gasteiger partial charge in [-0.1, -0.05) is 12.1 Å². The third-order valence-electron chi connectivity index (χ3n) is 2.94. The second kappa shape index (κ2) is 5.98. The van der Waals surface area contributed by atoms with E-state index in [0.29, 0.717) is 5.56 Å². The predicted octanol–water partition coefficient (Wildman–Crippen LogP) is 3.06. The summed E-state index contributed by atoms with van der Waals surface area (Å²) in [5.41, 5.74) is 1.13. The van der Waals surface area contributed by atoms with Crippen LogP contribution in [0.3, 0.4) is 0 Å². The van der Waals surface area contributed by atoms with E-state index in [1.165, 1.54) is 10.9 Å². The van der Waals surface area contributed by atoms with Crippen molar-refractivity contribution in [3.05, 3.63) is 52.0 Å². The molecule has 1 aromatic carbocycles. The van der Waals surface area contributed by atoms with E-state index in [2.05, 4.69) is 11.4 Å². The molecule has 0 bridgehead atoms. The van der Waals surface area contributed by atoms with Crippen molar-refractivity contribution in [3.63, 3.8) is 0 Å². The van der Waals surface area contributed by atoms with Crippen molar-refractivity contribution < 1.29 is 9.50 Å². The maximum Gasteiger partial charge on any atom is 0.130 e.